The summed E-state index contributed by atoms with van der Waals surface area (Å²) in [5.41, 5.74) is 2.99. The molecule has 0 amide bonds. The predicted octanol–water partition coefficient (Wildman–Crippen LogP) is 3.32. The first-order valence-electron chi connectivity index (χ1n) is 5.33. The molecule has 1 aromatic carbocycles. The van der Waals surface area contributed by atoms with Crippen LogP contribution in [0.1, 0.15) is 4.88 Å². The van der Waals surface area contributed by atoms with Gasteiger partial charge < -0.3 is 10.7 Å². The van der Waals surface area contributed by atoms with Crippen LogP contribution in [0.3, 0.4) is 0 Å². The number of nitro groups is 1. The molecule has 0 bridgehead atoms. The normalized spacial score (nSPS) is 10.2. The Bertz CT molecular complexity index is 602. The highest BCUT2D eigenvalue weighted by Gasteiger charge is 2.19. The molecule has 6 nitrogen and oxygen atoms in total. The number of nitrogen functional groups attached to an aromatic ring is 1. The number of halogens is 1. The van der Waals surface area contributed by atoms with Crippen molar-refractivity contribution in [3.05, 3.63) is 49.1 Å². The number of rotatable bonds is 5. The third-order valence-electron chi connectivity index (χ3n) is 2.50. The SMILES string of the molecule is NNc1cccc(NCc2sccc2Br)c1[N+](=O)[O-]. The van der Waals surface area contributed by atoms with Crippen LogP contribution in [-0.2, 0) is 6.54 Å². The molecule has 2 aromatic rings. The Hall–Kier alpha value is -1.64. The molecule has 0 radical (unpaired) electrons. The van der Waals surface area contributed by atoms with E-state index in [2.05, 4.69) is 26.7 Å². The number of nitrogens with one attached hydrogen (secondary N) is 2. The third kappa shape index (κ3) is 3.03. The number of anilines is 2. The number of nitro benzene ring substituents is 1. The molecule has 19 heavy (non-hydrogen) atoms. The van der Waals surface area contributed by atoms with Crippen molar-refractivity contribution in [2.45, 2.75) is 6.54 Å². The van der Waals surface area contributed by atoms with E-state index in [-0.39, 0.29) is 11.4 Å². The van der Waals surface area contributed by atoms with E-state index in [1.807, 2.05) is 11.4 Å². The molecule has 0 unspecified atom stereocenters. The number of hydrogen-bond donors (Lipinski definition) is 3. The zero-order chi connectivity index (χ0) is 13.8. The quantitative estimate of drug-likeness (QED) is 0.440. The Labute approximate surface area is 121 Å². The number of para-hydroxylation sites is 1. The van der Waals surface area contributed by atoms with Crippen LogP contribution >= 0.6 is 27.3 Å². The summed E-state index contributed by atoms with van der Waals surface area (Å²) in [6, 6.07) is 6.85. The molecule has 100 valence electrons. The molecule has 2 rings (SSSR count). The first-order valence-corrected chi connectivity index (χ1v) is 7.00. The summed E-state index contributed by atoms with van der Waals surface area (Å²) in [7, 11) is 0. The molecule has 0 aliphatic carbocycles. The van der Waals surface area contributed by atoms with Gasteiger partial charge >= 0.3 is 5.69 Å². The van der Waals surface area contributed by atoms with Gasteiger partial charge in [-0.15, -0.1) is 11.3 Å². The van der Waals surface area contributed by atoms with Crippen molar-refractivity contribution in [2.75, 3.05) is 10.7 Å². The van der Waals surface area contributed by atoms with Gasteiger partial charge in [0.25, 0.3) is 0 Å². The Kier molecular flexibility index (Phi) is 4.35. The molecule has 0 saturated carbocycles. The summed E-state index contributed by atoms with van der Waals surface area (Å²) in [5.74, 6) is 5.28. The van der Waals surface area contributed by atoms with Crippen LogP contribution in [0.25, 0.3) is 0 Å². The minimum atomic E-state index is -0.457. The first kappa shape index (κ1) is 13.8. The molecular formula is C11H11BrN4O2S. The molecule has 4 N–H and O–H groups in total. The maximum Gasteiger partial charge on any atom is 0.316 e. The largest absolute Gasteiger partial charge is 0.374 e. The van der Waals surface area contributed by atoms with Crippen molar-refractivity contribution in [3.8, 4) is 0 Å². The van der Waals surface area contributed by atoms with Gasteiger partial charge in [-0.2, -0.15) is 0 Å². The summed E-state index contributed by atoms with van der Waals surface area (Å²) in [4.78, 5) is 11.7. The average Bonchev–Trinajstić information content (AvgIpc) is 2.81. The van der Waals surface area contributed by atoms with E-state index in [1.165, 1.54) is 0 Å². The number of hydrazine groups is 1. The summed E-state index contributed by atoms with van der Waals surface area (Å²) in [5, 5.41) is 16.1. The number of nitrogens with two attached hydrogens (primary N) is 1. The van der Waals surface area contributed by atoms with Gasteiger partial charge in [0.05, 0.1) is 11.5 Å². The van der Waals surface area contributed by atoms with Gasteiger partial charge in [0.2, 0.25) is 0 Å². The Morgan fingerprint density at radius 3 is 2.68 bits per heavy atom. The fourth-order valence-electron chi connectivity index (χ4n) is 1.63. The van der Waals surface area contributed by atoms with Crippen LogP contribution in [0.15, 0.2) is 34.1 Å². The molecule has 0 aliphatic rings. The first-order chi connectivity index (χ1) is 9.13. The van der Waals surface area contributed by atoms with Gasteiger partial charge in [-0.3, -0.25) is 16.0 Å². The topological polar surface area (TPSA) is 93.2 Å². The highest BCUT2D eigenvalue weighted by Crippen LogP contribution is 2.33. The molecule has 0 saturated heterocycles. The molecule has 1 aromatic heterocycles. The van der Waals surface area contributed by atoms with E-state index in [0.717, 1.165) is 9.35 Å². The number of hydrogen-bond acceptors (Lipinski definition) is 6. The second-order valence-electron chi connectivity index (χ2n) is 3.65. The van der Waals surface area contributed by atoms with Crippen LogP contribution in [0.2, 0.25) is 0 Å². The van der Waals surface area contributed by atoms with Crippen molar-refractivity contribution < 1.29 is 4.92 Å². The fraction of sp³-hybridized carbons (Fsp3) is 0.0909. The van der Waals surface area contributed by atoms with Crippen LogP contribution in [0.4, 0.5) is 17.1 Å². The molecule has 0 atom stereocenters. The Morgan fingerprint density at radius 1 is 1.37 bits per heavy atom. The van der Waals surface area contributed by atoms with Crippen molar-refractivity contribution in [1.29, 1.82) is 0 Å². The van der Waals surface area contributed by atoms with E-state index >= 15 is 0 Å². The lowest BCUT2D eigenvalue weighted by molar-refractivity contribution is -0.383. The zero-order valence-corrected chi connectivity index (χ0v) is 12.1. The smallest absolute Gasteiger partial charge is 0.316 e. The van der Waals surface area contributed by atoms with Gasteiger partial charge in [0.15, 0.2) is 0 Å². The van der Waals surface area contributed by atoms with Gasteiger partial charge in [0.1, 0.15) is 11.4 Å². The summed E-state index contributed by atoms with van der Waals surface area (Å²) < 4.78 is 0.987. The van der Waals surface area contributed by atoms with Crippen molar-refractivity contribution >= 4 is 44.3 Å². The predicted molar refractivity (Wildman–Crippen MR) is 80.3 cm³/mol. The molecule has 0 aliphatic heterocycles. The number of nitrogens with zero attached hydrogens (tertiary/aromatic N) is 1. The lowest BCUT2D eigenvalue weighted by Gasteiger charge is -2.09. The van der Waals surface area contributed by atoms with Crippen LogP contribution < -0.4 is 16.6 Å². The van der Waals surface area contributed by atoms with Crippen LogP contribution in [0.5, 0.6) is 0 Å². The second kappa shape index (κ2) is 6.00. The molecule has 0 fully saturated rings. The molecular weight excluding hydrogens is 332 g/mol. The van der Waals surface area contributed by atoms with Gasteiger partial charge in [-0.05, 0) is 39.5 Å². The maximum atomic E-state index is 11.1. The number of thiophene rings is 1. The van der Waals surface area contributed by atoms with Crippen molar-refractivity contribution in [3.63, 3.8) is 0 Å². The standard InChI is InChI=1S/C11H11BrN4O2S/c12-7-4-5-19-10(7)6-14-8-2-1-3-9(15-13)11(8)16(17)18/h1-5,14-15H,6,13H2. The monoisotopic (exact) mass is 342 g/mol. The van der Waals surface area contributed by atoms with Crippen LogP contribution in [0, 0.1) is 10.1 Å². The van der Waals surface area contributed by atoms with Crippen LogP contribution in [-0.4, -0.2) is 4.92 Å². The fourth-order valence-corrected chi connectivity index (χ4v) is 3.06. The summed E-state index contributed by atoms with van der Waals surface area (Å²) in [6.07, 6.45) is 0. The lowest BCUT2D eigenvalue weighted by atomic mass is 10.2. The summed E-state index contributed by atoms with van der Waals surface area (Å²) in [6.45, 7) is 0.507. The molecule has 8 heteroatoms. The van der Waals surface area contributed by atoms with Crippen molar-refractivity contribution in [1.82, 2.24) is 0 Å². The van der Waals surface area contributed by atoms with Crippen molar-refractivity contribution in [2.24, 2.45) is 5.84 Å². The number of benzene rings is 1. The maximum absolute atomic E-state index is 11.1. The van der Waals surface area contributed by atoms with E-state index in [0.29, 0.717) is 12.2 Å². The Balaban J connectivity index is 2.25. The Morgan fingerprint density at radius 2 is 2.11 bits per heavy atom. The summed E-state index contributed by atoms with van der Waals surface area (Å²) >= 11 is 4.99. The van der Waals surface area contributed by atoms with E-state index in [9.17, 15) is 10.1 Å². The van der Waals surface area contributed by atoms with Gasteiger partial charge in [0, 0.05) is 9.35 Å². The third-order valence-corrected chi connectivity index (χ3v) is 4.43. The van der Waals surface area contributed by atoms with E-state index in [4.69, 9.17) is 5.84 Å². The minimum absolute atomic E-state index is 0.0577. The minimum Gasteiger partial charge on any atom is -0.374 e. The zero-order valence-electron chi connectivity index (χ0n) is 9.72. The van der Waals surface area contributed by atoms with Gasteiger partial charge in [-0.1, -0.05) is 6.07 Å². The molecule has 1 heterocycles. The lowest BCUT2D eigenvalue weighted by Crippen LogP contribution is -2.10. The molecule has 0 spiro atoms. The second-order valence-corrected chi connectivity index (χ2v) is 5.50. The highest BCUT2D eigenvalue weighted by atomic mass is 79.9. The van der Waals surface area contributed by atoms with E-state index < -0.39 is 4.92 Å². The average molecular weight is 343 g/mol. The van der Waals surface area contributed by atoms with Gasteiger partial charge in [-0.25, -0.2) is 0 Å². The van der Waals surface area contributed by atoms with E-state index in [1.54, 1.807) is 29.5 Å². The highest BCUT2D eigenvalue weighted by molar-refractivity contribution is 9.10.